The van der Waals surface area contributed by atoms with E-state index >= 15 is 0 Å². The number of hydrogen-bond acceptors (Lipinski definition) is 4. The Bertz CT molecular complexity index is 511. The van der Waals surface area contributed by atoms with E-state index in [2.05, 4.69) is 5.32 Å². The van der Waals surface area contributed by atoms with Crippen LogP contribution in [0, 0.1) is 0 Å². The number of amides is 2. The van der Waals surface area contributed by atoms with Crippen LogP contribution >= 0.6 is 0 Å². The summed E-state index contributed by atoms with van der Waals surface area (Å²) in [4.78, 5) is 25.5. The van der Waals surface area contributed by atoms with E-state index in [1.54, 1.807) is 19.2 Å². The number of fused-ring (bicyclic) bond motifs is 1. The summed E-state index contributed by atoms with van der Waals surface area (Å²) in [5, 5.41) is 2.91. The average molecular weight is 247 g/mol. The second kappa shape index (κ2) is 4.68. The van der Waals surface area contributed by atoms with Gasteiger partial charge in [0.25, 0.3) is 11.8 Å². The third kappa shape index (κ3) is 1.81. The zero-order valence-electron chi connectivity index (χ0n) is 10.6. The Balaban J connectivity index is 2.39. The van der Waals surface area contributed by atoms with E-state index in [1.807, 2.05) is 6.92 Å². The van der Waals surface area contributed by atoms with Gasteiger partial charge in [0.05, 0.1) is 22.5 Å². The fourth-order valence-corrected chi connectivity index (χ4v) is 2.09. The van der Waals surface area contributed by atoms with Crippen LogP contribution in [0.2, 0.25) is 0 Å². The van der Waals surface area contributed by atoms with Crippen molar-refractivity contribution in [1.82, 2.24) is 4.90 Å². The van der Waals surface area contributed by atoms with Gasteiger partial charge in [0.1, 0.15) is 0 Å². The lowest BCUT2D eigenvalue weighted by molar-refractivity contribution is 0.0652. The molecule has 1 heterocycles. The number of nitrogens with zero attached hydrogens (tertiary/aromatic N) is 1. The van der Waals surface area contributed by atoms with Crippen molar-refractivity contribution in [3.05, 3.63) is 23.3 Å². The standard InChI is InChI=1S/C13H17N3O2/c1-3-4-5-16-12(17)8-6-10(14)11(15-2)7-9(8)13(16)18/h6-7,15H,3-5,14H2,1-2H3. The highest BCUT2D eigenvalue weighted by Gasteiger charge is 2.35. The zero-order chi connectivity index (χ0) is 13.3. The van der Waals surface area contributed by atoms with E-state index in [4.69, 9.17) is 5.73 Å². The average Bonchev–Trinajstić information content (AvgIpc) is 2.59. The molecule has 0 aliphatic carbocycles. The number of nitrogens with two attached hydrogens (primary N) is 1. The van der Waals surface area contributed by atoms with E-state index in [1.165, 1.54) is 4.90 Å². The molecule has 1 aliphatic heterocycles. The fraction of sp³-hybridized carbons (Fsp3) is 0.385. The summed E-state index contributed by atoms with van der Waals surface area (Å²) in [7, 11) is 1.73. The van der Waals surface area contributed by atoms with Gasteiger partial charge in [-0.1, -0.05) is 13.3 Å². The molecule has 0 fully saturated rings. The first-order chi connectivity index (χ1) is 8.60. The van der Waals surface area contributed by atoms with E-state index in [0.29, 0.717) is 29.0 Å². The zero-order valence-corrected chi connectivity index (χ0v) is 10.6. The number of nitrogens with one attached hydrogen (secondary N) is 1. The molecule has 5 nitrogen and oxygen atoms in total. The van der Waals surface area contributed by atoms with Crippen LogP contribution in [0.15, 0.2) is 12.1 Å². The normalized spacial score (nSPS) is 14.0. The van der Waals surface area contributed by atoms with Gasteiger partial charge in [-0.15, -0.1) is 0 Å². The van der Waals surface area contributed by atoms with Gasteiger partial charge >= 0.3 is 0 Å². The number of imide groups is 1. The molecule has 2 amide bonds. The molecule has 0 unspecified atom stereocenters. The summed E-state index contributed by atoms with van der Waals surface area (Å²) < 4.78 is 0. The van der Waals surface area contributed by atoms with Crippen molar-refractivity contribution in [1.29, 1.82) is 0 Å². The maximum Gasteiger partial charge on any atom is 0.261 e. The van der Waals surface area contributed by atoms with E-state index in [-0.39, 0.29) is 11.8 Å². The SMILES string of the molecule is CCCCN1C(=O)c2cc(N)c(NC)cc2C1=O. The topological polar surface area (TPSA) is 75.4 Å². The Labute approximate surface area is 106 Å². The Morgan fingerprint density at radius 1 is 1.22 bits per heavy atom. The van der Waals surface area contributed by atoms with Crippen LogP contribution in [0.1, 0.15) is 40.5 Å². The molecule has 0 bridgehead atoms. The molecule has 0 aromatic heterocycles. The van der Waals surface area contributed by atoms with Crippen molar-refractivity contribution in [3.8, 4) is 0 Å². The molecular formula is C13H17N3O2. The molecular weight excluding hydrogens is 230 g/mol. The highest BCUT2D eigenvalue weighted by atomic mass is 16.2. The van der Waals surface area contributed by atoms with Gasteiger partial charge in [-0.25, -0.2) is 0 Å². The number of anilines is 2. The van der Waals surface area contributed by atoms with E-state index in [0.717, 1.165) is 12.8 Å². The van der Waals surface area contributed by atoms with Crippen molar-refractivity contribution < 1.29 is 9.59 Å². The molecule has 1 aromatic rings. The summed E-state index contributed by atoms with van der Waals surface area (Å²) >= 11 is 0. The van der Waals surface area contributed by atoms with Crippen molar-refractivity contribution in [2.24, 2.45) is 0 Å². The highest BCUT2D eigenvalue weighted by Crippen LogP contribution is 2.30. The largest absolute Gasteiger partial charge is 0.397 e. The lowest BCUT2D eigenvalue weighted by atomic mass is 10.1. The van der Waals surface area contributed by atoms with Gasteiger partial charge in [-0.2, -0.15) is 0 Å². The minimum Gasteiger partial charge on any atom is -0.397 e. The third-order valence-electron chi connectivity index (χ3n) is 3.15. The predicted octanol–water partition coefficient (Wildman–Crippen LogP) is 1.71. The molecule has 0 spiro atoms. The minimum absolute atomic E-state index is 0.222. The number of carbonyl (C=O) groups excluding carboxylic acids is 2. The van der Waals surface area contributed by atoms with Gasteiger partial charge in [-0.05, 0) is 18.6 Å². The number of carbonyl (C=O) groups is 2. The molecule has 0 saturated heterocycles. The minimum atomic E-state index is -0.238. The fourth-order valence-electron chi connectivity index (χ4n) is 2.09. The van der Waals surface area contributed by atoms with Crippen LogP contribution in [-0.4, -0.2) is 30.3 Å². The second-order valence-corrected chi connectivity index (χ2v) is 4.35. The summed E-state index contributed by atoms with van der Waals surface area (Å²) in [6, 6.07) is 3.23. The van der Waals surface area contributed by atoms with Crippen LogP contribution in [0.25, 0.3) is 0 Å². The quantitative estimate of drug-likeness (QED) is 0.627. The lowest BCUT2D eigenvalue weighted by Gasteiger charge is -2.12. The summed E-state index contributed by atoms with van der Waals surface area (Å²) in [5.74, 6) is -0.460. The van der Waals surface area contributed by atoms with Crippen LogP contribution in [0.3, 0.4) is 0 Å². The maximum absolute atomic E-state index is 12.1. The maximum atomic E-state index is 12.1. The smallest absolute Gasteiger partial charge is 0.261 e. The molecule has 1 aliphatic rings. The van der Waals surface area contributed by atoms with Gasteiger partial charge in [0.15, 0.2) is 0 Å². The van der Waals surface area contributed by atoms with Gasteiger partial charge in [-0.3, -0.25) is 14.5 Å². The summed E-state index contributed by atoms with van der Waals surface area (Å²) in [6.07, 6.45) is 1.76. The van der Waals surface area contributed by atoms with Gasteiger partial charge < -0.3 is 11.1 Å². The first kappa shape index (κ1) is 12.4. The van der Waals surface area contributed by atoms with E-state index < -0.39 is 0 Å². The summed E-state index contributed by atoms with van der Waals surface area (Å²) in [6.45, 7) is 2.49. The Kier molecular flexibility index (Phi) is 3.23. The molecule has 18 heavy (non-hydrogen) atoms. The molecule has 1 aromatic carbocycles. The molecule has 2 rings (SSSR count). The molecule has 0 saturated carbocycles. The molecule has 96 valence electrons. The Hall–Kier alpha value is -2.04. The Morgan fingerprint density at radius 2 is 1.83 bits per heavy atom. The van der Waals surface area contributed by atoms with Crippen molar-refractivity contribution in [2.75, 3.05) is 24.6 Å². The van der Waals surface area contributed by atoms with E-state index in [9.17, 15) is 9.59 Å². The number of unbranched alkanes of at least 4 members (excludes halogenated alkanes) is 1. The number of hydrogen-bond donors (Lipinski definition) is 2. The monoisotopic (exact) mass is 247 g/mol. The highest BCUT2D eigenvalue weighted by molar-refractivity contribution is 6.22. The van der Waals surface area contributed by atoms with Crippen LogP contribution in [0.5, 0.6) is 0 Å². The van der Waals surface area contributed by atoms with Crippen molar-refractivity contribution >= 4 is 23.2 Å². The van der Waals surface area contributed by atoms with Gasteiger partial charge in [0.2, 0.25) is 0 Å². The Morgan fingerprint density at radius 3 is 2.39 bits per heavy atom. The van der Waals surface area contributed by atoms with Gasteiger partial charge in [0, 0.05) is 13.6 Å². The van der Waals surface area contributed by atoms with Crippen LogP contribution < -0.4 is 11.1 Å². The molecule has 3 N–H and O–H groups in total. The molecule has 5 heteroatoms. The van der Waals surface area contributed by atoms with Crippen LogP contribution in [-0.2, 0) is 0 Å². The third-order valence-corrected chi connectivity index (χ3v) is 3.15. The second-order valence-electron chi connectivity index (χ2n) is 4.35. The van der Waals surface area contributed by atoms with Crippen molar-refractivity contribution in [3.63, 3.8) is 0 Å². The first-order valence-electron chi connectivity index (χ1n) is 6.07. The number of benzene rings is 1. The first-order valence-corrected chi connectivity index (χ1v) is 6.07. The molecule has 0 atom stereocenters. The predicted molar refractivity (Wildman–Crippen MR) is 70.7 cm³/mol. The van der Waals surface area contributed by atoms with Crippen molar-refractivity contribution in [2.45, 2.75) is 19.8 Å². The lowest BCUT2D eigenvalue weighted by Crippen LogP contribution is -2.30. The summed E-state index contributed by atoms with van der Waals surface area (Å²) in [5.41, 5.74) is 7.82. The number of rotatable bonds is 4. The molecule has 0 radical (unpaired) electrons. The van der Waals surface area contributed by atoms with Crippen LogP contribution in [0.4, 0.5) is 11.4 Å². The number of nitrogen functional groups attached to an aromatic ring is 1.